The van der Waals surface area contributed by atoms with Crippen LogP contribution in [0.2, 0.25) is 5.02 Å². The molecule has 208 valence electrons. The summed E-state index contributed by atoms with van der Waals surface area (Å²) in [4.78, 5) is 16.0. The number of para-hydroxylation sites is 1. The van der Waals surface area contributed by atoms with E-state index >= 15 is 0 Å². The SMILES string of the molecule is COc1cc(Nc2nccc(Nc3cnc4c(Cl)cccc4c3)n2)ccc1OC1CCC(N2CCOCC2)CC1. The van der Waals surface area contributed by atoms with Gasteiger partial charge in [0, 0.05) is 42.5 Å². The summed E-state index contributed by atoms with van der Waals surface area (Å²) in [6.45, 7) is 3.77. The van der Waals surface area contributed by atoms with Crippen LogP contribution in [0, 0.1) is 0 Å². The highest BCUT2D eigenvalue weighted by Gasteiger charge is 2.28. The molecule has 0 unspecified atom stereocenters. The molecule has 0 amide bonds. The monoisotopic (exact) mass is 560 g/mol. The standard InChI is InChI=1S/C30H33ClN6O3/c1-38-27-18-21(5-10-26(27)40-24-8-6-23(7-9-24)37-13-15-39-16-14-37)35-30-32-12-11-28(36-30)34-22-17-20-3-2-4-25(31)29(20)33-19-22/h2-5,10-12,17-19,23-24H,6-9,13-16H2,1H3,(H2,32,34,35,36). The number of aromatic nitrogens is 3. The quantitative estimate of drug-likeness (QED) is 0.261. The third kappa shape index (κ3) is 6.22. The van der Waals surface area contributed by atoms with Crippen molar-refractivity contribution in [1.29, 1.82) is 0 Å². The number of pyridine rings is 1. The number of fused-ring (bicyclic) bond motifs is 1. The number of rotatable bonds is 8. The average Bonchev–Trinajstić information content (AvgIpc) is 2.99. The van der Waals surface area contributed by atoms with E-state index in [4.69, 9.17) is 25.8 Å². The number of methoxy groups -OCH3 is 1. The number of halogens is 1. The van der Waals surface area contributed by atoms with E-state index in [0.29, 0.717) is 28.6 Å². The Morgan fingerprint density at radius 1 is 0.925 bits per heavy atom. The highest BCUT2D eigenvalue weighted by Crippen LogP contribution is 2.35. The molecule has 1 aliphatic carbocycles. The van der Waals surface area contributed by atoms with Gasteiger partial charge in [-0.15, -0.1) is 0 Å². The van der Waals surface area contributed by atoms with E-state index in [0.717, 1.165) is 80.0 Å². The molecule has 2 N–H and O–H groups in total. The Kier molecular flexibility index (Phi) is 8.13. The average molecular weight is 561 g/mol. The van der Waals surface area contributed by atoms with E-state index in [-0.39, 0.29) is 6.10 Å². The Hall–Kier alpha value is -3.66. The second-order valence-electron chi connectivity index (χ2n) is 10.1. The van der Waals surface area contributed by atoms with Crippen LogP contribution in [0.1, 0.15) is 25.7 Å². The van der Waals surface area contributed by atoms with Crippen molar-refractivity contribution in [3.8, 4) is 11.5 Å². The summed E-state index contributed by atoms with van der Waals surface area (Å²) >= 11 is 6.25. The molecule has 2 aromatic carbocycles. The zero-order valence-corrected chi connectivity index (χ0v) is 23.2. The third-order valence-electron chi connectivity index (χ3n) is 7.51. The highest BCUT2D eigenvalue weighted by molar-refractivity contribution is 6.35. The summed E-state index contributed by atoms with van der Waals surface area (Å²) in [6.07, 6.45) is 8.01. The van der Waals surface area contributed by atoms with Gasteiger partial charge in [-0.05, 0) is 56.0 Å². The second kappa shape index (κ2) is 12.2. The van der Waals surface area contributed by atoms with Gasteiger partial charge in [0.2, 0.25) is 5.95 Å². The van der Waals surface area contributed by atoms with Gasteiger partial charge in [-0.3, -0.25) is 9.88 Å². The zero-order chi connectivity index (χ0) is 27.3. The van der Waals surface area contributed by atoms with Gasteiger partial charge >= 0.3 is 0 Å². The van der Waals surface area contributed by atoms with Crippen molar-refractivity contribution in [2.75, 3.05) is 44.0 Å². The van der Waals surface area contributed by atoms with Crippen LogP contribution in [-0.4, -0.2) is 65.4 Å². The summed E-state index contributed by atoms with van der Waals surface area (Å²) < 4.78 is 17.6. The van der Waals surface area contributed by atoms with Gasteiger partial charge in [-0.1, -0.05) is 23.7 Å². The van der Waals surface area contributed by atoms with Crippen LogP contribution >= 0.6 is 11.6 Å². The maximum Gasteiger partial charge on any atom is 0.229 e. The number of morpholine rings is 1. The second-order valence-corrected chi connectivity index (χ2v) is 10.5. The van der Waals surface area contributed by atoms with Crippen molar-refractivity contribution in [3.63, 3.8) is 0 Å². The topological polar surface area (TPSA) is 93.7 Å². The number of nitrogens with zero attached hydrogens (tertiary/aromatic N) is 4. The molecule has 4 aromatic rings. The fraction of sp³-hybridized carbons (Fsp3) is 0.367. The molecule has 3 heterocycles. The van der Waals surface area contributed by atoms with Gasteiger partial charge in [0.25, 0.3) is 0 Å². The van der Waals surface area contributed by atoms with E-state index in [1.54, 1.807) is 25.6 Å². The Morgan fingerprint density at radius 3 is 2.60 bits per heavy atom. The van der Waals surface area contributed by atoms with Gasteiger partial charge in [0.1, 0.15) is 5.82 Å². The number of nitrogens with one attached hydrogen (secondary N) is 2. The molecular weight excluding hydrogens is 528 g/mol. The molecule has 9 nitrogen and oxygen atoms in total. The summed E-state index contributed by atoms with van der Waals surface area (Å²) in [5.74, 6) is 2.53. The van der Waals surface area contributed by atoms with Crippen molar-refractivity contribution in [3.05, 3.63) is 65.9 Å². The van der Waals surface area contributed by atoms with Crippen molar-refractivity contribution < 1.29 is 14.2 Å². The van der Waals surface area contributed by atoms with Crippen molar-refractivity contribution in [2.45, 2.75) is 37.8 Å². The van der Waals surface area contributed by atoms with Gasteiger partial charge in [-0.2, -0.15) is 4.98 Å². The maximum absolute atomic E-state index is 6.39. The first-order valence-corrected chi connectivity index (χ1v) is 14.1. The van der Waals surface area contributed by atoms with Crippen molar-refractivity contribution in [1.82, 2.24) is 19.9 Å². The number of hydrogen-bond acceptors (Lipinski definition) is 9. The molecule has 0 bridgehead atoms. The zero-order valence-electron chi connectivity index (χ0n) is 22.5. The number of benzene rings is 2. The minimum absolute atomic E-state index is 0.191. The number of ether oxygens (including phenoxy) is 3. The van der Waals surface area contributed by atoms with E-state index in [1.807, 2.05) is 42.5 Å². The van der Waals surface area contributed by atoms with E-state index in [9.17, 15) is 0 Å². The first-order chi connectivity index (χ1) is 19.6. The van der Waals surface area contributed by atoms with Crippen LogP contribution in [0.5, 0.6) is 11.5 Å². The Bertz CT molecular complexity index is 1460. The molecule has 1 saturated heterocycles. The largest absolute Gasteiger partial charge is 0.493 e. The lowest BCUT2D eigenvalue weighted by Crippen LogP contribution is -2.46. The molecule has 0 radical (unpaired) electrons. The van der Waals surface area contributed by atoms with Gasteiger partial charge in [0.15, 0.2) is 11.5 Å². The Balaban J connectivity index is 1.08. The first-order valence-electron chi connectivity index (χ1n) is 13.7. The van der Waals surface area contributed by atoms with Gasteiger partial charge in [-0.25, -0.2) is 4.98 Å². The summed E-state index contributed by atoms with van der Waals surface area (Å²) in [6, 6.07) is 16.0. The maximum atomic E-state index is 6.39. The van der Waals surface area contributed by atoms with Gasteiger partial charge in [0.05, 0.1) is 48.9 Å². The highest BCUT2D eigenvalue weighted by atomic mass is 35.5. The molecular formula is C30H33ClN6O3. The molecule has 1 aliphatic heterocycles. The molecule has 0 spiro atoms. The molecule has 10 heteroatoms. The number of hydrogen-bond donors (Lipinski definition) is 2. The Labute approximate surface area is 238 Å². The summed E-state index contributed by atoms with van der Waals surface area (Å²) in [7, 11) is 1.66. The van der Waals surface area contributed by atoms with Crippen LogP contribution in [-0.2, 0) is 4.74 Å². The van der Waals surface area contributed by atoms with E-state index in [1.165, 1.54) is 0 Å². The van der Waals surface area contributed by atoms with Crippen molar-refractivity contribution >= 4 is 45.6 Å². The minimum Gasteiger partial charge on any atom is -0.493 e. The normalized spacial score (nSPS) is 19.8. The summed E-state index contributed by atoms with van der Waals surface area (Å²) in [5, 5.41) is 8.13. The predicted octanol–water partition coefficient (Wildman–Crippen LogP) is 6.20. The van der Waals surface area contributed by atoms with E-state index < -0.39 is 0 Å². The Morgan fingerprint density at radius 2 is 1.77 bits per heavy atom. The van der Waals surface area contributed by atoms with Crippen LogP contribution in [0.25, 0.3) is 10.9 Å². The summed E-state index contributed by atoms with van der Waals surface area (Å²) in [5.41, 5.74) is 2.38. The third-order valence-corrected chi connectivity index (χ3v) is 7.81. The lowest BCUT2D eigenvalue weighted by Gasteiger charge is -2.38. The lowest BCUT2D eigenvalue weighted by atomic mass is 9.91. The van der Waals surface area contributed by atoms with Crippen LogP contribution in [0.15, 0.2) is 60.9 Å². The minimum atomic E-state index is 0.191. The molecule has 0 atom stereocenters. The first kappa shape index (κ1) is 26.6. The van der Waals surface area contributed by atoms with E-state index in [2.05, 4.69) is 30.5 Å². The molecule has 40 heavy (non-hydrogen) atoms. The number of anilines is 4. The molecule has 1 saturated carbocycles. The molecule has 2 aromatic heterocycles. The molecule has 6 rings (SSSR count). The van der Waals surface area contributed by atoms with Crippen LogP contribution in [0.4, 0.5) is 23.1 Å². The molecule has 2 aliphatic rings. The predicted molar refractivity (Wildman–Crippen MR) is 157 cm³/mol. The smallest absolute Gasteiger partial charge is 0.229 e. The fourth-order valence-corrected chi connectivity index (χ4v) is 5.68. The van der Waals surface area contributed by atoms with Crippen LogP contribution in [0.3, 0.4) is 0 Å². The van der Waals surface area contributed by atoms with Crippen molar-refractivity contribution in [2.24, 2.45) is 0 Å². The van der Waals surface area contributed by atoms with Crippen LogP contribution < -0.4 is 20.1 Å². The molecule has 2 fully saturated rings. The van der Waals surface area contributed by atoms with Gasteiger partial charge < -0.3 is 24.8 Å². The lowest BCUT2D eigenvalue weighted by molar-refractivity contribution is -0.00121. The fourth-order valence-electron chi connectivity index (χ4n) is 5.45.